The molecule has 1 fully saturated rings. The first-order valence-corrected chi connectivity index (χ1v) is 10.1. The number of piperidine rings is 1. The van der Waals surface area contributed by atoms with Gasteiger partial charge in [-0.25, -0.2) is 4.39 Å². The Labute approximate surface area is 166 Å². The molecule has 27 heavy (non-hydrogen) atoms. The molecule has 0 amide bonds. The van der Waals surface area contributed by atoms with Crippen molar-refractivity contribution in [3.8, 4) is 5.75 Å². The van der Waals surface area contributed by atoms with Crippen molar-refractivity contribution >= 4 is 26.9 Å². The SMILES string of the molecule is Fc1ccc2c(C3CCN(CCCOc4cc[c]cc4Br)CC3)noc2c1. The fraction of sp³-hybridized carbons (Fsp3) is 0.381. The molecule has 1 saturated heterocycles. The third-order valence-corrected chi connectivity index (χ3v) is 5.71. The number of ether oxygens (including phenoxy) is 1. The van der Waals surface area contributed by atoms with E-state index in [9.17, 15) is 4.39 Å². The first-order valence-electron chi connectivity index (χ1n) is 9.26. The summed E-state index contributed by atoms with van der Waals surface area (Å²) in [6, 6.07) is 13.3. The van der Waals surface area contributed by atoms with Crippen LogP contribution in [0.25, 0.3) is 11.0 Å². The van der Waals surface area contributed by atoms with Crippen LogP contribution in [0.5, 0.6) is 5.75 Å². The molecule has 0 spiro atoms. The van der Waals surface area contributed by atoms with Gasteiger partial charge in [0.15, 0.2) is 5.58 Å². The number of rotatable bonds is 6. The van der Waals surface area contributed by atoms with Crippen LogP contribution in [0.1, 0.15) is 30.9 Å². The van der Waals surface area contributed by atoms with E-state index in [0.29, 0.717) is 18.1 Å². The first kappa shape index (κ1) is 18.4. The van der Waals surface area contributed by atoms with Crippen LogP contribution < -0.4 is 4.74 Å². The third-order valence-electron chi connectivity index (χ3n) is 5.09. The highest BCUT2D eigenvalue weighted by molar-refractivity contribution is 9.10. The molecule has 1 aliphatic rings. The van der Waals surface area contributed by atoms with Crippen LogP contribution in [0.4, 0.5) is 4.39 Å². The molecule has 2 heterocycles. The average molecular weight is 432 g/mol. The number of halogens is 2. The maximum Gasteiger partial charge on any atom is 0.170 e. The summed E-state index contributed by atoms with van der Waals surface area (Å²) >= 11 is 3.47. The first-order chi connectivity index (χ1) is 13.2. The van der Waals surface area contributed by atoms with Gasteiger partial charge in [0, 0.05) is 23.9 Å². The van der Waals surface area contributed by atoms with Crippen molar-refractivity contribution in [2.45, 2.75) is 25.2 Å². The van der Waals surface area contributed by atoms with Crippen LogP contribution in [0.2, 0.25) is 0 Å². The summed E-state index contributed by atoms with van der Waals surface area (Å²) in [5, 5.41) is 5.15. The van der Waals surface area contributed by atoms with Crippen molar-refractivity contribution in [1.82, 2.24) is 10.1 Å². The zero-order valence-corrected chi connectivity index (χ0v) is 16.5. The largest absolute Gasteiger partial charge is 0.492 e. The summed E-state index contributed by atoms with van der Waals surface area (Å²) in [5.74, 6) is 0.949. The number of nitrogens with zero attached hydrogens (tertiary/aromatic N) is 2. The highest BCUT2D eigenvalue weighted by Crippen LogP contribution is 2.32. The van der Waals surface area contributed by atoms with Crippen LogP contribution >= 0.6 is 15.9 Å². The Balaban J connectivity index is 1.25. The molecule has 0 atom stereocenters. The lowest BCUT2D eigenvalue weighted by Gasteiger charge is -2.31. The molecule has 141 valence electrons. The second kappa shape index (κ2) is 8.40. The molecule has 6 heteroatoms. The number of likely N-dealkylation sites (tertiary alicyclic amines) is 1. The average Bonchev–Trinajstić information content (AvgIpc) is 3.10. The molecule has 0 saturated carbocycles. The molecule has 0 aliphatic carbocycles. The van der Waals surface area contributed by atoms with Gasteiger partial charge < -0.3 is 14.2 Å². The fourth-order valence-corrected chi connectivity index (χ4v) is 4.02. The van der Waals surface area contributed by atoms with Gasteiger partial charge in [-0.15, -0.1) is 0 Å². The van der Waals surface area contributed by atoms with Gasteiger partial charge in [0.25, 0.3) is 0 Å². The smallest absolute Gasteiger partial charge is 0.170 e. The maximum absolute atomic E-state index is 13.3. The number of benzene rings is 2. The standard InChI is InChI=1S/C21H21BrFN2O2/c22-18-4-1-2-5-19(18)26-13-3-10-25-11-8-15(9-12-25)21-17-7-6-16(23)14-20(17)27-24-21/h2,4-7,14-15H,3,8-13H2. The minimum absolute atomic E-state index is 0.289. The molecule has 4 nitrogen and oxygen atoms in total. The van der Waals surface area contributed by atoms with Gasteiger partial charge in [0.1, 0.15) is 11.6 Å². The number of aromatic nitrogens is 1. The Morgan fingerprint density at radius 2 is 2.15 bits per heavy atom. The van der Waals surface area contributed by atoms with E-state index >= 15 is 0 Å². The monoisotopic (exact) mass is 431 g/mol. The van der Waals surface area contributed by atoms with Gasteiger partial charge in [-0.2, -0.15) is 0 Å². The van der Waals surface area contributed by atoms with E-state index in [0.717, 1.165) is 60.2 Å². The lowest BCUT2D eigenvalue weighted by atomic mass is 9.91. The van der Waals surface area contributed by atoms with Gasteiger partial charge in [-0.3, -0.25) is 0 Å². The van der Waals surface area contributed by atoms with Crippen molar-refractivity contribution in [1.29, 1.82) is 0 Å². The zero-order chi connectivity index (χ0) is 18.6. The molecular formula is C21H21BrFN2O2. The van der Waals surface area contributed by atoms with E-state index in [-0.39, 0.29) is 5.82 Å². The lowest BCUT2D eigenvalue weighted by Crippen LogP contribution is -2.34. The van der Waals surface area contributed by atoms with Gasteiger partial charge in [-0.05, 0) is 78.6 Å². The van der Waals surface area contributed by atoms with E-state index < -0.39 is 0 Å². The van der Waals surface area contributed by atoms with Gasteiger partial charge in [0.2, 0.25) is 0 Å². The molecule has 1 aromatic heterocycles. The van der Waals surface area contributed by atoms with Crippen molar-refractivity contribution in [3.63, 3.8) is 0 Å². The van der Waals surface area contributed by atoms with Crippen LogP contribution in [0.15, 0.2) is 45.4 Å². The second-order valence-corrected chi connectivity index (χ2v) is 7.74. The molecule has 1 radical (unpaired) electrons. The summed E-state index contributed by atoms with van der Waals surface area (Å²) in [6.07, 6.45) is 3.07. The molecule has 3 aromatic rings. The van der Waals surface area contributed by atoms with Crippen molar-refractivity contribution in [2.24, 2.45) is 0 Å². The summed E-state index contributed by atoms with van der Waals surface area (Å²) in [7, 11) is 0. The Bertz CT molecular complexity index is 906. The number of hydrogen-bond acceptors (Lipinski definition) is 4. The quantitative estimate of drug-likeness (QED) is 0.504. The summed E-state index contributed by atoms with van der Waals surface area (Å²) in [6.45, 7) is 3.78. The Morgan fingerprint density at radius 1 is 1.30 bits per heavy atom. The molecule has 0 unspecified atom stereocenters. The predicted molar refractivity (Wildman–Crippen MR) is 105 cm³/mol. The molecule has 2 aromatic carbocycles. The Morgan fingerprint density at radius 3 is 2.96 bits per heavy atom. The normalized spacial score (nSPS) is 16.1. The molecule has 4 rings (SSSR count). The highest BCUT2D eigenvalue weighted by Gasteiger charge is 2.24. The Kier molecular flexibility index (Phi) is 5.74. The maximum atomic E-state index is 13.3. The summed E-state index contributed by atoms with van der Waals surface area (Å²) in [4.78, 5) is 2.47. The van der Waals surface area contributed by atoms with Gasteiger partial charge in [-0.1, -0.05) is 11.2 Å². The van der Waals surface area contributed by atoms with E-state index in [2.05, 4.69) is 32.1 Å². The molecule has 0 bridgehead atoms. The molecule has 0 N–H and O–H groups in total. The minimum atomic E-state index is -0.289. The lowest BCUT2D eigenvalue weighted by molar-refractivity contribution is 0.190. The van der Waals surface area contributed by atoms with E-state index in [1.165, 1.54) is 12.1 Å². The summed E-state index contributed by atoms with van der Waals surface area (Å²) < 4.78 is 25.4. The molecule has 1 aliphatic heterocycles. The topological polar surface area (TPSA) is 38.5 Å². The minimum Gasteiger partial charge on any atom is -0.492 e. The predicted octanol–water partition coefficient (Wildman–Crippen LogP) is 5.18. The van der Waals surface area contributed by atoms with Crippen molar-refractivity contribution in [3.05, 3.63) is 58.4 Å². The van der Waals surface area contributed by atoms with Crippen LogP contribution in [-0.2, 0) is 0 Å². The van der Waals surface area contributed by atoms with Crippen LogP contribution in [0.3, 0.4) is 0 Å². The van der Waals surface area contributed by atoms with E-state index in [1.54, 1.807) is 6.07 Å². The second-order valence-electron chi connectivity index (χ2n) is 6.88. The molecular weight excluding hydrogens is 411 g/mol. The van der Waals surface area contributed by atoms with E-state index in [1.807, 2.05) is 18.2 Å². The van der Waals surface area contributed by atoms with E-state index in [4.69, 9.17) is 9.26 Å². The fourth-order valence-electron chi connectivity index (χ4n) is 3.64. The highest BCUT2D eigenvalue weighted by atomic mass is 79.9. The van der Waals surface area contributed by atoms with Gasteiger partial charge >= 0.3 is 0 Å². The zero-order valence-electron chi connectivity index (χ0n) is 15.0. The summed E-state index contributed by atoms with van der Waals surface area (Å²) in [5.41, 5.74) is 1.51. The Hall–Kier alpha value is -1.92. The van der Waals surface area contributed by atoms with Crippen molar-refractivity contribution < 1.29 is 13.7 Å². The third kappa shape index (κ3) is 4.33. The van der Waals surface area contributed by atoms with Crippen LogP contribution in [0, 0.1) is 11.9 Å². The van der Waals surface area contributed by atoms with Crippen molar-refractivity contribution in [2.75, 3.05) is 26.2 Å². The van der Waals surface area contributed by atoms with Gasteiger partial charge in [0.05, 0.1) is 16.8 Å². The number of fused-ring (bicyclic) bond motifs is 1. The number of hydrogen-bond donors (Lipinski definition) is 0. The van der Waals surface area contributed by atoms with Crippen LogP contribution in [-0.4, -0.2) is 36.3 Å².